The Morgan fingerprint density at radius 3 is 2.56 bits per heavy atom. The fraction of sp³-hybridized carbons (Fsp3) is 0.263. The van der Waals surface area contributed by atoms with Crippen molar-refractivity contribution in [3.63, 3.8) is 0 Å². The first-order valence-corrected chi connectivity index (χ1v) is 10.1. The predicted molar refractivity (Wildman–Crippen MR) is 98.6 cm³/mol. The first kappa shape index (κ1) is 17.7. The molecule has 1 aromatic heterocycles. The summed E-state index contributed by atoms with van der Waals surface area (Å²) in [6.07, 6.45) is 1.41. The molecule has 8 heteroatoms. The van der Waals surface area contributed by atoms with Gasteiger partial charge in [-0.1, -0.05) is 23.4 Å². The van der Waals surface area contributed by atoms with Crippen LogP contribution in [-0.2, 0) is 10.0 Å². The SMILES string of the molecule is COc1ccc(-c2nc([C@H]3CCCN3S(=O)(=O)c3ccccc3)no2)cc1. The third-order valence-corrected chi connectivity index (χ3v) is 6.55. The Balaban J connectivity index is 1.62. The normalized spacial score (nSPS) is 17.9. The van der Waals surface area contributed by atoms with E-state index >= 15 is 0 Å². The lowest BCUT2D eigenvalue weighted by atomic mass is 10.2. The van der Waals surface area contributed by atoms with Crippen molar-refractivity contribution in [2.24, 2.45) is 0 Å². The summed E-state index contributed by atoms with van der Waals surface area (Å²) in [4.78, 5) is 4.72. The van der Waals surface area contributed by atoms with E-state index in [0.29, 0.717) is 24.7 Å². The van der Waals surface area contributed by atoms with E-state index in [0.717, 1.165) is 17.7 Å². The quantitative estimate of drug-likeness (QED) is 0.670. The molecule has 0 unspecified atom stereocenters. The van der Waals surface area contributed by atoms with Crippen molar-refractivity contribution < 1.29 is 17.7 Å². The second-order valence-corrected chi connectivity index (χ2v) is 8.16. The van der Waals surface area contributed by atoms with Crippen LogP contribution < -0.4 is 4.74 Å². The molecule has 0 radical (unpaired) electrons. The molecule has 1 aliphatic heterocycles. The molecule has 4 rings (SSSR count). The summed E-state index contributed by atoms with van der Waals surface area (Å²) in [6.45, 7) is 0.439. The van der Waals surface area contributed by atoms with Crippen molar-refractivity contribution >= 4 is 10.0 Å². The van der Waals surface area contributed by atoms with Crippen LogP contribution in [0.5, 0.6) is 5.75 Å². The molecule has 27 heavy (non-hydrogen) atoms. The number of methoxy groups -OCH3 is 1. The Morgan fingerprint density at radius 2 is 1.85 bits per heavy atom. The Kier molecular flexibility index (Phi) is 4.67. The van der Waals surface area contributed by atoms with Gasteiger partial charge < -0.3 is 9.26 Å². The molecular formula is C19H19N3O4S. The summed E-state index contributed by atoms with van der Waals surface area (Å²) in [7, 11) is -2.01. The summed E-state index contributed by atoms with van der Waals surface area (Å²) in [5.74, 6) is 1.48. The zero-order valence-corrected chi connectivity index (χ0v) is 15.6. The van der Waals surface area contributed by atoms with Gasteiger partial charge >= 0.3 is 0 Å². The zero-order valence-electron chi connectivity index (χ0n) is 14.8. The molecule has 0 spiro atoms. The van der Waals surface area contributed by atoms with Crippen LogP contribution in [0.3, 0.4) is 0 Å². The highest BCUT2D eigenvalue weighted by Gasteiger charge is 2.38. The van der Waals surface area contributed by atoms with Crippen molar-refractivity contribution in [2.45, 2.75) is 23.8 Å². The van der Waals surface area contributed by atoms with Gasteiger partial charge in [-0.05, 0) is 49.2 Å². The van der Waals surface area contributed by atoms with Crippen molar-refractivity contribution in [2.75, 3.05) is 13.7 Å². The number of rotatable bonds is 5. The van der Waals surface area contributed by atoms with E-state index in [9.17, 15) is 8.42 Å². The predicted octanol–water partition coefficient (Wildman–Crippen LogP) is 3.27. The van der Waals surface area contributed by atoms with Crippen LogP contribution in [0.1, 0.15) is 24.7 Å². The van der Waals surface area contributed by atoms with Gasteiger partial charge in [0.05, 0.1) is 18.0 Å². The van der Waals surface area contributed by atoms with E-state index < -0.39 is 16.1 Å². The fourth-order valence-corrected chi connectivity index (χ4v) is 4.91. The van der Waals surface area contributed by atoms with Gasteiger partial charge in [-0.25, -0.2) is 8.42 Å². The van der Waals surface area contributed by atoms with Crippen molar-refractivity contribution in [3.8, 4) is 17.2 Å². The third-order valence-electron chi connectivity index (χ3n) is 4.63. The van der Waals surface area contributed by atoms with Gasteiger partial charge in [-0.3, -0.25) is 0 Å². The standard InChI is InChI=1S/C19H19N3O4S/c1-25-15-11-9-14(10-12-15)19-20-18(21-26-19)17-8-5-13-22(17)27(23,24)16-6-3-2-4-7-16/h2-4,6-7,9-12,17H,5,8,13H2,1H3/t17-/m1/s1. The Bertz CT molecular complexity index is 1020. The van der Waals surface area contributed by atoms with Gasteiger partial charge in [0, 0.05) is 12.1 Å². The van der Waals surface area contributed by atoms with Gasteiger partial charge in [-0.2, -0.15) is 9.29 Å². The summed E-state index contributed by atoms with van der Waals surface area (Å²) < 4.78 is 38.0. The molecule has 0 aliphatic carbocycles. The Hall–Kier alpha value is -2.71. The maximum absolute atomic E-state index is 13.0. The van der Waals surface area contributed by atoms with Crippen molar-refractivity contribution in [1.29, 1.82) is 0 Å². The molecule has 0 amide bonds. The second-order valence-electron chi connectivity index (χ2n) is 6.27. The molecule has 1 saturated heterocycles. The number of nitrogens with zero attached hydrogens (tertiary/aromatic N) is 3. The summed E-state index contributed by atoms with van der Waals surface area (Å²) in [5, 5.41) is 4.05. The summed E-state index contributed by atoms with van der Waals surface area (Å²) in [5.41, 5.74) is 0.755. The topological polar surface area (TPSA) is 85.5 Å². The third kappa shape index (κ3) is 3.33. The van der Waals surface area contributed by atoms with E-state index in [2.05, 4.69) is 10.1 Å². The minimum atomic E-state index is -3.61. The highest BCUT2D eigenvalue weighted by atomic mass is 32.2. The van der Waals surface area contributed by atoms with Crippen LogP contribution in [0.25, 0.3) is 11.5 Å². The molecule has 0 N–H and O–H groups in total. The van der Waals surface area contributed by atoms with Crippen LogP contribution in [0.15, 0.2) is 64.0 Å². The lowest BCUT2D eigenvalue weighted by molar-refractivity contribution is 0.358. The van der Waals surface area contributed by atoms with E-state index in [-0.39, 0.29) is 4.90 Å². The van der Waals surface area contributed by atoms with Crippen molar-refractivity contribution in [3.05, 3.63) is 60.4 Å². The molecule has 2 heterocycles. The molecule has 1 fully saturated rings. The first-order valence-electron chi connectivity index (χ1n) is 8.64. The molecule has 1 atom stereocenters. The smallest absolute Gasteiger partial charge is 0.257 e. The largest absolute Gasteiger partial charge is 0.497 e. The molecule has 1 aliphatic rings. The minimum Gasteiger partial charge on any atom is -0.497 e. The fourth-order valence-electron chi connectivity index (χ4n) is 3.23. The zero-order chi connectivity index (χ0) is 18.9. The van der Waals surface area contributed by atoms with Gasteiger partial charge in [0.25, 0.3) is 5.89 Å². The van der Waals surface area contributed by atoms with E-state index in [1.54, 1.807) is 49.6 Å². The highest BCUT2D eigenvalue weighted by molar-refractivity contribution is 7.89. The van der Waals surface area contributed by atoms with Crippen LogP contribution in [0.4, 0.5) is 0 Å². The number of hydrogen-bond acceptors (Lipinski definition) is 6. The number of aromatic nitrogens is 2. The van der Waals surface area contributed by atoms with Gasteiger partial charge in [-0.15, -0.1) is 0 Å². The number of ether oxygens (including phenoxy) is 1. The molecule has 7 nitrogen and oxygen atoms in total. The average Bonchev–Trinajstić information content (AvgIpc) is 3.38. The van der Waals surface area contributed by atoms with Gasteiger partial charge in [0.2, 0.25) is 10.0 Å². The second kappa shape index (κ2) is 7.13. The lowest BCUT2D eigenvalue weighted by Crippen LogP contribution is -2.31. The maximum atomic E-state index is 13.0. The summed E-state index contributed by atoms with van der Waals surface area (Å²) in [6, 6.07) is 15.3. The molecule has 140 valence electrons. The lowest BCUT2D eigenvalue weighted by Gasteiger charge is -2.21. The molecule has 3 aromatic rings. The van der Waals surface area contributed by atoms with Crippen molar-refractivity contribution in [1.82, 2.24) is 14.4 Å². The minimum absolute atomic E-state index is 0.274. The van der Waals surface area contributed by atoms with Crippen LogP contribution in [0.2, 0.25) is 0 Å². The molecular weight excluding hydrogens is 366 g/mol. The van der Waals surface area contributed by atoms with Crippen LogP contribution >= 0.6 is 0 Å². The van der Waals surface area contributed by atoms with Crippen LogP contribution in [-0.4, -0.2) is 36.5 Å². The molecule has 2 aromatic carbocycles. The maximum Gasteiger partial charge on any atom is 0.257 e. The van der Waals surface area contributed by atoms with Crippen LogP contribution in [0, 0.1) is 0 Å². The molecule has 0 bridgehead atoms. The average molecular weight is 385 g/mol. The number of hydrogen-bond donors (Lipinski definition) is 0. The monoisotopic (exact) mass is 385 g/mol. The highest BCUT2D eigenvalue weighted by Crippen LogP contribution is 2.36. The number of benzene rings is 2. The van der Waals surface area contributed by atoms with Gasteiger partial charge in [0.15, 0.2) is 5.82 Å². The van der Waals surface area contributed by atoms with E-state index in [1.165, 1.54) is 4.31 Å². The first-order chi connectivity index (χ1) is 13.1. The Labute approximate surface area is 157 Å². The van der Waals surface area contributed by atoms with E-state index in [1.807, 2.05) is 12.1 Å². The summed E-state index contributed by atoms with van der Waals surface area (Å²) >= 11 is 0. The van der Waals surface area contributed by atoms with E-state index in [4.69, 9.17) is 9.26 Å². The number of sulfonamides is 1. The van der Waals surface area contributed by atoms with Gasteiger partial charge in [0.1, 0.15) is 5.75 Å². The Morgan fingerprint density at radius 1 is 1.11 bits per heavy atom. The molecule has 0 saturated carbocycles.